The second-order valence-corrected chi connectivity index (χ2v) is 3.20. The zero-order valence-electron chi connectivity index (χ0n) is 9.05. The van der Waals surface area contributed by atoms with E-state index in [-0.39, 0.29) is 57.8 Å². The van der Waals surface area contributed by atoms with Gasteiger partial charge in [0.1, 0.15) is 0 Å². The second-order valence-electron chi connectivity index (χ2n) is 3.20. The molecule has 0 aromatic rings. The third kappa shape index (κ3) is 15.2. The predicted octanol–water partition coefficient (Wildman–Crippen LogP) is -1.51. The first-order valence-electron chi connectivity index (χ1n) is 4.90. The van der Waals surface area contributed by atoms with Gasteiger partial charge in [0.25, 0.3) is 0 Å². The molecule has 0 aliphatic heterocycles. The van der Waals surface area contributed by atoms with E-state index in [0.29, 0.717) is 0 Å². The molecule has 0 unspecified atom stereocenters. The summed E-state index contributed by atoms with van der Waals surface area (Å²) in [5.74, 6) is 1.66. The number of carbonyl (C=O) groups excluding carboxylic acids is 1. The average molecular weight is 220 g/mol. The van der Waals surface area contributed by atoms with Crippen LogP contribution in [0.2, 0.25) is 0 Å². The topological polar surface area (TPSA) is 40.1 Å². The number of hydrogen-bond donors (Lipinski definition) is 0. The van der Waals surface area contributed by atoms with Gasteiger partial charge in [0.05, 0.1) is 0 Å². The molecule has 3 heteroatoms. The minimum Gasteiger partial charge on any atom is -0.550 e. The Hall–Kier alpha value is 0.666. The molecule has 0 aliphatic carbocycles. The summed E-state index contributed by atoms with van der Waals surface area (Å²) in [4.78, 5) is 10.0. The Morgan fingerprint density at radius 3 is 2.07 bits per heavy atom. The molecule has 14 heavy (non-hydrogen) atoms. The van der Waals surface area contributed by atoms with Gasteiger partial charge in [-0.2, -0.15) is 0 Å². The van der Waals surface area contributed by atoms with Crippen LogP contribution < -0.4 is 56.5 Å². The Balaban J connectivity index is 0. The van der Waals surface area contributed by atoms with Crippen LogP contribution in [0.4, 0.5) is 0 Å². The summed E-state index contributed by atoms with van der Waals surface area (Å²) in [5, 5.41) is 10.0. The molecule has 0 bridgehead atoms. The van der Waals surface area contributed by atoms with E-state index in [4.69, 9.17) is 6.42 Å². The Labute approximate surface area is 129 Å². The van der Waals surface area contributed by atoms with Crippen molar-refractivity contribution in [2.75, 3.05) is 0 Å². The molecule has 0 saturated carbocycles. The van der Waals surface area contributed by atoms with Crippen molar-refractivity contribution in [1.29, 1.82) is 0 Å². The molecular formula is C11H17KO2. The summed E-state index contributed by atoms with van der Waals surface area (Å²) in [6.07, 6.45) is 12.4. The Morgan fingerprint density at radius 2 is 1.57 bits per heavy atom. The standard InChI is InChI=1S/C11H18O2.K/c1-2-3-4-5-6-7-8-9-10-11(12)13;/h1H,3-10H2,(H,12,13);/q;+1/p-1. The van der Waals surface area contributed by atoms with E-state index < -0.39 is 5.97 Å². The van der Waals surface area contributed by atoms with Crippen molar-refractivity contribution in [3.05, 3.63) is 0 Å². The number of rotatable bonds is 8. The third-order valence-electron chi connectivity index (χ3n) is 1.95. The molecule has 2 nitrogen and oxygen atoms in total. The normalized spacial score (nSPS) is 8.79. The van der Waals surface area contributed by atoms with Crippen LogP contribution in [0.3, 0.4) is 0 Å². The van der Waals surface area contributed by atoms with Gasteiger partial charge in [-0.05, 0) is 19.3 Å². The van der Waals surface area contributed by atoms with Crippen LogP contribution >= 0.6 is 0 Å². The fourth-order valence-electron chi connectivity index (χ4n) is 1.20. The molecular weight excluding hydrogens is 203 g/mol. The number of terminal acetylenes is 1. The summed E-state index contributed by atoms with van der Waals surface area (Å²) in [6, 6.07) is 0. The maximum Gasteiger partial charge on any atom is 1.00 e. The summed E-state index contributed by atoms with van der Waals surface area (Å²) in [7, 11) is 0. The van der Waals surface area contributed by atoms with Crippen molar-refractivity contribution in [1.82, 2.24) is 0 Å². The molecule has 0 spiro atoms. The van der Waals surface area contributed by atoms with Crippen LogP contribution in [-0.2, 0) is 4.79 Å². The molecule has 74 valence electrons. The van der Waals surface area contributed by atoms with E-state index in [1.165, 1.54) is 0 Å². The van der Waals surface area contributed by atoms with Crippen LogP contribution in [0.1, 0.15) is 51.4 Å². The summed E-state index contributed by atoms with van der Waals surface area (Å²) < 4.78 is 0. The van der Waals surface area contributed by atoms with E-state index in [2.05, 4.69) is 5.92 Å². The molecule has 0 aliphatic rings. The van der Waals surface area contributed by atoms with Crippen LogP contribution in [0.5, 0.6) is 0 Å². The van der Waals surface area contributed by atoms with Gasteiger partial charge in [-0.15, -0.1) is 12.3 Å². The van der Waals surface area contributed by atoms with Crippen molar-refractivity contribution >= 4 is 5.97 Å². The van der Waals surface area contributed by atoms with Crippen molar-refractivity contribution in [2.24, 2.45) is 0 Å². The average Bonchev–Trinajstić information content (AvgIpc) is 2.09. The van der Waals surface area contributed by atoms with Crippen LogP contribution in [0.15, 0.2) is 0 Å². The number of carbonyl (C=O) groups is 1. The van der Waals surface area contributed by atoms with Gasteiger partial charge in [-0.1, -0.05) is 25.7 Å². The summed E-state index contributed by atoms with van der Waals surface area (Å²) in [6.45, 7) is 0. The number of carboxylic acids is 1. The number of hydrogen-bond acceptors (Lipinski definition) is 2. The zero-order valence-corrected chi connectivity index (χ0v) is 12.2. The largest absolute Gasteiger partial charge is 1.00 e. The van der Waals surface area contributed by atoms with Crippen molar-refractivity contribution < 1.29 is 61.3 Å². The van der Waals surface area contributed by atoms with Gasteiger partial charge in [0.2, 0.25) is 0 Å². The monoisotopic (exact) mass is 220 g/mol. The molecule has 0 N–H and O–H groups in total. The first-order valence-corrected chi connectivity index (χ1v) is 4.90. The second kappa shape index (κ2) is 13.7. The number of aliphatic carboxylic acids is 1. The smallest absolute Gasteiger partial charge is 0.550 e. The Morgan fingerprint density at radius 1 is 1.07 bits per heavy atom. The fraction of sp³-hybridized carbons (Fsp3) is 0.727. The van der Waals surface area contributed by atoms with Crippen LogP contribution in [-0.4, -0.2) is 5.97 Å². The quantitative estimate of drug-likeness (QED) is 0.284. The molecule has 0 rings (SSSR count). The van der Waals surface area contributed by atoms with Gasteiger partial charge in [0, 0.05) is 12.4 Å². The van der Waals surface area contributed by atoms with Gasteiger partial charge in [-0.25, -0.2) is 0 Å². The molecule has 0 atom stereocenters. The van der Waals surface area contributed by atoms with Gasteiger partial charge < -0.3 is 9.90 Å². The predicted molar refractivity (Wildman–Crippen MR) is 50.8 cm³/mol. The number of carboxylic acid groups (broad SMARTS) is 1. The van der Waals surface area contributed by atoms with Crippen molar-refractivity contribution in [3.63, 3.8) is 0 Å². The third-order valence-corrected chi connectivity index (χ3v) is 1.95. The van der Waals surface area contributed by atoms with E-state index in [0.717, 1.165) is 44.9 Å². The molecule has 0 amide bonds. The SMILES string of the molecule is C#CCCCCCCCCC(=O)[O-].[K+]. The Bertz CT molecular complexity index is 173. The van der Waals surface area contributed by atoms with E-state index >= 15 is 0 Å². The minimum absolute atomic E-state index is 0. The summed E-state index contributed by atoms with van der Waals surface area (Å²) >= 11 is 0. The van der Waals surface area contributed by atoms with E-state index in [1.807, 2.05) is 0 Å². The first kappa shape index (κ1) is 17.1. The maximum absolute atomic E-state index is 10.0. The van der Waals surface area contributed by atoms with E-state index in [9.17, 15) is 9.90 Å². The fourth-order valence-corrected chi connectivity index (χ4v) is 1.20. The maximum atomic E-state index is 10.0. The molecule has 0 aromatic heterocycles. The van der Waals surface area contributed by atoms with E-state index in [1.54, 1.807) is 0 Å². The zero-order chi connectivity index (χ0) is 9.94. The molecule has 0 aromatic carbocycles. The first-order chi connectivity index (χ1) is 6.27. The molecule has 0 radical (unpaired) electrons. The summed E-state index contributed by atoms with van der Waals surface area (Å²) in [5.41, 5.74) is 0. The minimum atomic E-state index is -0.938. The molecule has 0 saturated heterocycles. The van der Waals surface area contributed by atoms with Crippen LogP contribution in [0.25, 0.3) is 0 Å². The van der Waals surface area contributed by atoms with Gasteiger partial charge >= 0.3 is 51.4 Å². The van der Waals surface area contributed by atoms with Gasteiger partial charge in [0.15, 0.2) is 0 Å². The van der Waals surface area contributed by atoms with Crippen molar-refractivity contribution in [3.8, 4) is 12.3 Å². The van der Waals surface area contributed by atoms with Gasteiger partial charge in [-0.3, -0.25) is 0 Å². The molecule has 0 fully saturated rings. The Kier molecular flexibility index (Phi) is 16.7. The van der Waals surface area contributed by atoms with Crippen LogP contribution in [0, 0.1) is 12.3 Å². The number of unbranched alkanes of at least 4 members (excludes halogenated alkanes) is 6. The van der Waals surface area contributed by atoms with Crippen molar-refractivity contribution in [2.45, 2.75) is 51.4 Å². The molecule has 0 heterocycles.